The molecule has 1 saturated heterocycles. The molecule has 0 spiro atoms. The second-order valence-corrected chi connectivity index (χ2v) is 5.12. The van der Waals surface area contributed by atoms with Crippen LogP contribution in [-0.2, 0) is 9.53 Å². The molecule has 0 aliphatic carbocycles. The molecule has 2 N–H and O–H groups in total. The first-order valence-corrected chi connectivity index (χ1v) is 6.39. The zero-order chi connectivity index (χ0) is 13.3. The lowest BCUT2D eigenvalue weighted by Crippen LogP contribution is -2.23. The summed E-state index contributed by atoms with van der Waals surface area (Å²) < 4.78 is 5.12. The molecule has 0 aromatic heterocycles. The van der Waals surface area contributed by atoms with Crippen molar-refractivity contribution in [3.63, 3.8) is 0 Å². The number of benzene rings is 1. The average molecular weight is 311 g/mol. The summed E-state index contributed by atoms with van der Waals surface area (Å²) in [5.74, 6) is -0.820. The molecule has 1 aromatic rings. The lowest BCUT2D eigenvalue weighted by molar-refractivity contribution is -0.119. The van der Waals surface area contributed by atoms with Crippen molar-refractivity contribution in [3.05, 3.63) is 21.1 Å². The monoisotopic (exact) mass is 309 g/mol. The van der Waals surface area contributed by atoms with Crippen LogP contribution in [0.25, 0.3) is 0 Å². The topological polar surface area (TPSA) is 58.6 Å². The highest BCUT2D eigenvalue weighted by molar-refractivity contribution is 6.46. The Kier molecular flexibility index (Phi) is 4.22. The molecule has 0 bridgehead atoms. The molecule has 4 nitrogen and oxygen atoms in total. The highest BCUT2D eigenvalue weighted by Gasteiger charge is 2.26. The molecule has 1 aliphatic heterocycles. The van der Waals surface area contributed by atoms with Crippen molar-refractivity contribution in [3.8, 4) is 5.75 Å². The molecule has 0 saturated carbocycles. The van der Waals surface area contributed by atoms with Gasteiger partial charge >= 0.3 is 0 Å². The molecule has 18 heavy (non-hydrogen) atoms. The number of hydrogen-bond acceptors (Lipinski definition) is 3. The normalized spacial score (nSPS) is 18.9. The van der Waals surface area contributed by atoms with Crippen molar-refractivity contribution in [2.45, 2.75) is 6.42 Å². The Morgan fingerprint density at radius 3 is 2.72 bits per heavy atom. The fraction of sp³-hybridized carbons (Fsp3) is 0.364. The number of anilines is 1. The first-order valence-electron chi connectivity index (χ1n) is 5.25. The van der Waals surface area contributed by atoms with Gasteiger partial charge in [0, 0.05) is 6.61 Å². The summed E-state index contributed by atoms with van der Waals surface area (Å²) in [6.07, 6.45) is 0.637. The van der Waals surface area contributed by atoms with Gasteiger partial charge in [-0.3, -0.25) is 4.79 Å². The van der Waals surface area contributed by atoms with Gasteiger partial charge in [0.2, 0.25) is 5.91 Å². The van der Waals surface area contributed by atoms with E-state index < -0.39 is 0 Å². The van der Waals surface area contributed by atoms with E-state index in [0.29, 0.717) is 19.6 Å². The van der Waals surface area contributed by atoms with E-state index in [4.69, 9.17) is 39.5 Å². The minimum Gasteiger partial charge on any atom is -0.504 e. The third-order valence-corrected chi connectivity index (χ3v) is 3.77. The lowest BCUT2D eigenvalue weighted by Gasteiger charge is -2.13. The molecule has 1 fully saturated rings. The van der Waals surface area contributed by atoms with Crippen LogP contribution in [0.3, 0.4) is 0 Å². The summed E-state index contributed by atoms with van der Waals surface area (Å²) in [5, 5.41) is 12.6. The van der Waals surface area contributed by atoms with E-state index in [-0.39, 0.29) is 38.3 Å². The smallest absolute Gasteiger partial charge is 0.230 e. The van der Waals surface area contributed by atoms with Crippen molar-refractivity contribution in [1.29, 1.82) is 0 Å². The van der Waals surface area contributed by atoms with Crippen LogP contribution >= 0.6 is 34.8 Å². The van der Waals surface area contributed by atoms with E-state index in [9.17, 15) is 9.90 Å². The van der Waals surface area contributed by atoms with Gasteiger partial charge in [0.25, 0.3) is 0 Å². The van der Waals surface area contributed by atoms with Crippen LogP contribution in [0.1, 0.15) is 6.42 Å². The Morgan fingerprint density at radius 1 is 1.39 bits per heavy atom. The number of amides is 1. The summed E-state index contributed by atoms with van der Waals surface area (Å²) in [4.78, 5) is 11.9. The lowest BCUT2D eigenvalue weighted by atomic mass is 10.1. The number of carbonyl (C=O) groups excluding carboxylic acids is 1. The van der Waals surface area contributed by atoms with Crippen LogP contribution in [0.5, 0.6) is 5.75 Å². The number of phenolic OH excluding ortho intramolecular Hbond substituents is 1. The van der Waals surface area contributed by atoms with Crippen LogP contribution in [0.4, 0.5) is 5.69 Å². The number of phenols is 1. The fourth-order valence-corrected chi connectivity index (χ4v) is 2.32. The molecule has 7 heteroatoms. The van der Waals surface area contributed by atoms with Crippen LogP contribution in [0, 0.1) is 5.92 Å². The molecule has 1 aliphatic rings. The van der Waals surface area contributed by atoms with Gasteiger partial charge in [0.05, 0.1) is 27.6 Å². The van der Waals surface area contributed by atoms with E-state index in [1.54, 1.807) is 0 Å². The highest BCUT2D eigenvalue weighted by atomic mass is 35.5. The number of hydrogen-bond donors (Lipinski definition) is 2. The number of aromatic hydroxyl groups is 1. The zero-order valence-electron chi connectivity index (χ0n) is 9.17. The molecule has 1 amide bonds. The molecule has 98 valence electrons. The van der Waals surface area contributed by atoms with Crippen molar-refractivity contribution in [2.75, 3.05) is 18.5 Å². The molecule has 2 rings (SSSR count). The SMILES string of the molecule is O=C(Nc1c(O)c(Cl)cc(Cl)c1Cl)[C@@H]1CCOC1. The van der Waals surface area contributed by atoms with Crippen molar-refractivity contribution in [2.24, 2.45) is 5.92 Å². The minimum absolute atomic E-state index is 0.0300. The van der Waals surface area contributed by atoms with E-state index in [1.807, 2.05) is 0 Å². The highest BCUT2D eigenvalue weighted by Crippen LogP contribution is 2.42. The maximum atomic E-state index is 11.9. The van der Waals surface area contributed by atoms with Crippen LogP contribution in [0.15, 0.2) is 6.07 Å². The Morgan fingerprint density at radius 2 is 2.11 bits per heavy atom. The van der Waals surface area contributed by atoms with Gasteiger partial charge < -0.3 is 15.2 Å². The Bertz CT molecular complexity index is 461. The first-order chi connectivity index (χ1) is 8.50. The first kappa shape index (κ1) is 13.7. The molecular formula is C11H10Cl3NO3. The van der Waals surface area contributed by atoms with Crippen molar-refractivity contribution < 1.29 is 14.6 Å². The standard InChI is InChI=1S/C11H10Cl3NO3/c12-6-3-7(13)10(16)9(8(6)14)15-11(17)5-1-2-18-4-5/h3,5,16H,1-2,4H2,(H,15,17)/t5-/m1/s1. The summed E-state index contributed by atoms with van der Waals surface area (Å²) in [6, 6.07) is 1.31. The van der Waals surface area contributed by atoms with E-state index in [1.165, 1.54) is 6.07 Å². The fourth-order valence-electron chi connectivity index (χ4n) is 1.67. The van der Waals surface area contributed by atoms with Gasteiger partial charge in [-0.25, -0.2) is 0 Å². The maximum absolute atomic E-state index is 11.9. The Hall–Kier alpha value is -0.680. The van der Waals surface area contributed by atoms with Gasteiger partial charge in [0.15, 0.2) is 5.75 Å². The number of ether oxygens (including phenoxy) is 1. The van der Waals surface area contributed by atoms with E-state index >= 15 is 0 Å². The van der Waals surface area contributed by atoms with Gasteiger partial charge in [-0.05, 0) is 12.5 Å². The van der Waals surface area contributed by atoms with Crippen molar-refractivity contribution >= 4 is 46.4 Å². The summed E-state index contributed by atoms with van der Waals surface area (Å²) >= 11 is 17.5. The number of rotatable bonds is 2. The molecule has 0 unspecified atom stereocenters. The van der Waals surface area contributed by atoms with Gasteiger partial charge in [-0.15, -0.1) is 0 Å². The molecule has 1 atom stereocenters. The van der Waals surface area contributed by atoms with Gasteiger partial charge in [0.1, 0.15) is 5.69 Å². The van der Waals surface area contributed by atoms with Gasteiger partial charge in [-0.1, -0.05) is 34.8 Å². The summed E-state index contributed by atoms with van der Waals surface area (Å²) in [6.45, 7) is 0.909. The largest absolute Gasteiger partial charge is 0.504 e. The molecule has 1 heterocycles. The zero-order valence-corrected chi connectivity index (χ0v) is 11.4. The predicted molar refractivity (Wildman–Crippen MR) is 70.7 cm³/mol. The molecule has 1 aromatic carbocycles. The Labute approximate surface area is 119 Å². The molecule has 0 radical (unpaired) electrons. The van der Waals surface area contributed by atoms with Gasteiger partial charge in [-0.2, -0.15) is 0 Å². The third-order valence-electron chi connectivity index (χ3n) is 2.69. The maximum Gasteiger partial charge on any atom is 0.230 e. The quantitative estimate of drug-likeness (QED) is 0.651. The third kappa shape index (κ3) is 2.67. The van der Waals surface area contributed by atoms with E-state index in [2.05, 4.69) is 5.32 Å². The predicted octanol–water partition coefficient (Wildman–Crippen LogP) is 3.33. The van der Waals surface area contributed by atoms with E-state index in [0.717, 1.165) is 0 Å². The number of carbonyl (C=O) groups is 1. The van der Waals surface area contributed by atoms with Crippen LogP contribution in [0.2, 0.25) is 15.1 Å². The second kappa shape index (κ2) is 5.53. The molecular weight excluding hydrogens is 300 g/mol. The second-order valence-electron chi connectivity index (χ2n) is 3.93. The Balaban J connectivity index is 2.25. The van der Waals surface area contributed by atoms with Crippen molar-refractivity contribution in [1.82, 2.24) is 0 Å². The van der Waals surface area contributed by atoms with Crippen LogP contribution in [-0.4, -0.2) is 24.2 Å². The summed E-state index contributed by atoms with van der Waals surface area (Å²) in [5.41, 5.74) is 0.0334. The van der Waals surface area contributed by atoms with Crippen LogP contribution < -0.4 is 5.32 Å². The average Bonchev–Trinajstić information content (AvgIpc) is 2.85. The summed E-state index contributed by atoms with van der Waals surface area (Å²) in [7, 11) is 0. The number of nitrogens with one attached hydrogen (secondary N) is 1. The minimum atomic E-state index is -0.293. The number of halogens is 3.